The van der Waals surface area contributed by atoms with Crippen LogP contribution in [0.2, 0.25) is 0 Å². The fourth-order valence-electron chi connectivity index (χ4n) is 1.84. The number of rotatable bonds is 5. The Kier molecular flexibility index (Phi) is 4.47. The first kappa shape index (κ1) is 15.2. The molecule has 2 rings (SSSR count). The number of aliphatic carboxylic acids is 1. The molecule has 7 nitrogen and oxygen atoms in total. The van der Waals surface area contributed by atoms with Crippen LogP contribution in [0, 0.1) is 10.1 Å². The number of carboxylic acid groups (broad SMARTS) is 1. The molecule has 1 atom stereocenters. The average Bonchev–Trinajstić information content (AvgIpc) is 2.49. The normalized spacial score (nSPS) is 12.2. The van der Waals surface area contributed by atoms with Crippen LogP contribution in [-0.4, -0.2) is 27.3 Å². The molecule has 0 bridgehead atoms. The fourth-order valence-corrected chi connectivity index (χ4v) is 1.84. The second-order valence-corrected chi connectivity index (χ2v) is 4.43. The molecule has 112 valence electrons. The number of hydrogen-bond donors (Lipinski definition) is 2. The van der Waals surface area contributed by atoms with Crippen molar-refractivity contribution in [2.75, 3.05) is 0 Å². The molecule has 0 aliphatic rings. The van der Waals surface area contributed by atoms with Crippen molar-refractivity contribution >= 4 is 17.9 Å². The zero-order valence-corrected chi connectivity index (χ0v) is 11.3. The Hall–Kier alpha value is -3.22. The molecular formula is C15H12N2O5. The molecule has 2 aromatic rings. The summed E-state index contributed by atoms with van der Waals surface area (Å²) in [6.45, 7) is 0. The van der Waals surface area contributed by atoms with Crippen molar-refractivity contribution in [1.82, 2.24) is 0 Å². The third-order valence-electron chi connectivity index (χ3n) is 2.93. The van der Waals surface area contributed by atoms with Gasteiger partial charge in [-0.25, -0.2) is 4.79 Å². The maximum atomic E-state index is 11.3. The molecule has 7 heteroatoms. The Bertz CT molecular complexity index is 728. The molecule has 2 aromatic carbocycles. The number of carbonyl (C=O) groups is 1. The van der Waals surface area contributed by atoms with E-state index in [1.165, 1.54) is 0 Å². The summed E-state index contributed by atoms with van der Waals surface area (Å²) >= 11 is 0. The van der Waals surface area contributed by atoms with Crippen LogP contribution >= 0.6 is 0 Å². The van der Waals surface area contributed by atoms with Crippen LogP contribution in [0.4, 0.5) is 5.69 Å². The van der Waals surface area contributed by atoms with Crippen LogP contribution in [0.1, 0.15) is 17.2 Å². The first-order chi connectivity index (χ1) is 10.5. The van der Waals surface area contributed by atoms with Crippen LogP contribution in [0.5, 0.6) is 5.75 Å². The summed E-state index contributed by atoms with van der Waals surface area (Å²) in [6, 6.07) is 10.6. The molecule has 0 heterocycles. The highest BCUT2D eigenvalue weighted by Gasteiger charge is 2.18. The maximum absolute atomic E-state index is 11.3. The number of phenolic OH excluding ortho intramolecular Hbond substituents is 1. The van der Waals surface area contributed by atoms with Crippen LogP contribution in [0.25, 0.3) is 0 Å². The SMILES string of the molecule is O=C(O)C(N=Cc1cc([N+](=O)[O-])ccc1O)c1ccccc1. The van der Waals surface area contributed by atoms with Gasteiger partial charge in [-0.2, -0.15) is 0 Å². The average molecular weight is 300 g/mol. The summed E-state index contributed by atoms with van der Waals surface area (Å²) in [6.07, 6.45) is 1.12. The Balaban J connectivity index is 2.35. The zero-order valence-electron chi connectivity index (χ0n) is 11.3. The zero-order chi connectivity index (χ0) is 16.1. The molecule has 0 radical (unpaired) electrons. The van der Waals surface area contributed by atoms with Crippen molar-refractivity contribution in [1.29, 1.82) is 0 Å². The van der Waals surface area contributed by atoms with E-state index in [1.807, 2.05) is 0 Å². The standard InChI is InChI=1S/C15H12N2O5/c18-13-7-6-12(17(21)22)8-11(13)9-16-14(15(19)20)10-4-2-1-3-5-10/h1-9,14,18H,(H,19,20). The minimum atomic E-state index is -1.16. The van der Waals surface area contributed by atoms with Crippen molar-refractivity contribution in [2.45, 2.75) is 6.04 Å². The Morgan fingerprint density at radius 1 is 1.23 bits per heavy atom. The number of benzene rings is 2. The molecule has 1 unspecified atom stereocenters. The van der Waals surface area contributed by atoms with E-state index >= 15 is 0 Å². The number of nitro groups is 1. The van der Waals surface area contributed by atoms with Crippen molar-refractivity contribution in [3.8, 4) is 5.75 Å². The third kappa shape index (κ3) is 3.45. The predicted octanol–water partition coefficient (Wildman–Crippen LogP) is 2.55. The first-order valence-electron chi connectivity index (χ1n) is 6.27. The predicted molar refractivity (Wildman–Crippen MR) is 79.2 cm³/mol. The van der Waals surface area contributed by atoms with E-state index in [0.717, 1.165) is 24.4 Å². The van der Waals surface area contributed by atoms with Gasteiger partial charge < -0.3 is 10.2 Å². The molecule has 0 fully saturated rings. The Morgan fingerprint density at radius 2 is 1.91 bits per heavy atom. The van der Waals surface area contributed by atoms with Crippen molar-refractivity contribution in [3.05, 3.63) is 69.8 Å². The van der Waals surface area contributed by atoms with Gasteiger partial charge >= 0.3 is 5.97 Å². The lowest BCUT2D eigenvalue weighted by Crippen LogP contribution is -2.09. The van der Waals surface area contributed by atoms with Crippen molar-refractivity contribution in [2.24, 2.45) is 4.99 Å². The van der Waals surface area contributed by atoms with E-state index in [9.17, 15) is 25.1 Å². The summed E-state index contributed by atoms with van der Waals surface area (Å²) in [5, 5.41) is 29.6. The lowest BCUT2D eigenvalue weighted by atomic mass is 10.1. The molecule has 0 aromatic heterocycles. The van der Waals surface area contributed by atoms with Gasteiger partial charge in [0.25, 0.3) is 5.69 Å². The molecule has 2 N–H and O–H groups in total. The van der Waals surface area contributed by atoms with Crippen LogP contribution in [0.3, 0.4) is 0 Å². The number of aliphatic imine (C=N–C) groups is 1. The molecule has 22 heavy (non-hydrogen) atoms. The van der Waals surface area contributed by atoms with E-state index in [4.69, 9.17) is 0 Å². The Labute approximate surface area is 125 Å². The maximum Gasteiger partial charge on any atom is 0.333 e. The number of phenols is 1. The third-order valence-corrected chi connectivity index (χ3v) is 2.93. The van der Waals surface area contributed by atoms with Gasteiger partial charge in [0.05, 0.1) is 4.92 Å². The highest BCUT2D eigenvalue weighted by Crippen LogP contribution is 2.23. The van der Waals surface area contributed by atoms with Gasteiger partial charge in [0.15, 0.2) is 6.04 Å². The largest absolute Gasteiger partial charge is 0.507 e. The minimum Gasteiger partial charge on any atom is -0.507 e. The molecule has 0 aliphatic heterocycles. The summed E-state index contributed by atoms with van der Waals surface area (Å²) in [5.41, 5.74) is 0.332. The highest BCUT2D eigenvalue weighted by molar-refractivity contribution is 5.87. The number of nitro benzene ring substituents is 1. The summed E-state index contributed by atoms with van der Waals surface area (Å²) in [5.74, 6) is -1.38. The number of aromatic hydroxyl groups is 1. The highest BCUT2D eigenvalue weighted by atomic mass is 16.6. The Morgan fingerprint density at radius 3 is 2.50 bits per heavy atom. The quantitative estimate of drug-likeness (QED) is 0.500. The monoisotopic (exact) mass is 300 g/mol. The van der Waals surface area contributed by atoms with Gasteiger partial charge in [0.1, 0.15) is 5.75 Å². The molecule has 0 saturated carbocycles. The van der Waals surface area contributed by atoms with Crippen LogP contribution < -0.4 is 0 Å². The van der Waals surface area contributed by atoms with Crippen LogP contribution in [-0.2, 0) is 4.79 Å². The summed E-state index contributed by atoms with van der Waals surface area (Å²) < 4.78 is 0. The number of carboxylic acids is 1. The summed E-state index contributed by atoms with van der Waals surface area (Å²) in [7, 11) is 0. The van der Waals surface area contributed by atoms with E-state index in [-0.39, 0.29) is 17.0 Å². The first-order valence-corrected chi connectivity index (χ1v) is 6.27. The number of non-ortho nitro benzene ring substituents is 1. The van der Waals surface area contributed by atoms with Gasteiger partial charge in [0, 0.05) is 23.9 Å². The van der Waals surface area contributed by atoms with Gasteiger partial charge in [-0.3, -0.25) is 15.1 Å². The summed E-state index contributed by atoms with van der Waals surface area (Å²) in [4.78, 5) is 25.3. The van der Waals surface area contributed by atoms with Crippen molar-refractivity contribution in [3.63, 3.8) is 0 Å². The lowest BCUT2D eigenvalue weighted by molar-refractivity contribution is -0.384. The van der Waals surface area contributed by atoms with E-state index in [1.54, 1.807) is 30.3 Å². The fraction of sp³-hybridized carbons (Fsp3) is 0.0667. The van der Waals surface area contributed by atoms with Gasteiger partial charge in [-0.1, -0.05) is 30.3 Å². The lowest BCUT2D eigenvalue weighted by Gasteiger charge is -2.07. The molecule has 0 aliphatic carbocycles. The number of nitrogens with zero attached hydrogens (tertiary/aromatic N) is 2. The van der Waals surface area contributed by atoms with E-state index in [0.29, 0.717) is 5.56 Å². The molecule has 0 spiro atoms. The minimum absolute atomic E-state index is 0.0800. The molecular weight excluding hydrogens is 288 g/mol. The van der Waals surface area contributed by atoms with Crippen molar-refractivity contribution < 1.29 is 19.9 Å². The van der Waals surface area contributed by atoms with Gasteiger partial charge in [-0.15, -0.1) is 0 Å². The second-order valence-electron chi connectivity index (χ2n) is 4.43. The second kappa shape index (κ2) is 6.49. The van der Waals surface area contributed by atoms with Crippen LogP contribution in [0.15, 0.2) is 53.5 Å². The topological polar surface area (TPSA) is 113 Å². The number of hydrogen-bond acceptors (Lipinski definition) is 5. The van der Waals surface area contributed by atoms with Gasteiger partial charge in [0.2, 0.25) is 0 Å². The smallest absolute Gasteiger partial charge is 0.333 e. The van der Waals surface area contributed by atoms with E-state index < -0.39 is 16.9 Å². The molecule has 0 amide bonds. The van der Waals surface area contributed by atoms with Gasteiger partial charge in [-0.05, 0) is 11.6 Å². The van der Waals surface area contributed by atoms with E-state index in [2.05, 4.69) is 4.99 Å². The molecule has 0 saturated heterocycles.